The van der Waals surface area contributed by atoms with E-state index < -0.39 is 0 Å². The molecule has 25 heavy (non-hydrogen) atoms. The van der Waals surface area contributed by atoms with Gasteiger partial charge in [0.15, 0.2) is 11.6 Å². The van der Waals surface area contributed by atoms with Crippen LogP contribution in [0.1, 0.15) is 44.0 Å². The zero-order valence-electron chi connectivity index (χ0n) is 15.3. The van der Waals surface area contributed by atoms with Gasteiger partial charge in [-0.25, -0.2) is 9.07 Å². The molecule has 2 aromatic rings. The molecular formula is C19H27FN4O. The van der Waals surface area contributed by atoms with Crippen LogP contribution >= 0.6 is 0 Å². The Morgan fingerprint density at radius 1 is 1.28 bits per heavy atom. The fourth-order valence-electron chi connectivity index (χ4n) is 3.41. The molecule has 0 N–H and O–H groups in total. The molecule has 5 nitrogen and oxygen atoms in total. The minimum absolute atomic E-state index is 0.312. The smallest absolute Gasteiger partial charge is 0.165 e. The average Bonchev–Trinajstić information content (AvgIpc) is 3.05. The number of hydrogen-bond donors (Lipinski definition) is 0. The lowest BCUT2D eigenvalue weighted by Crippen LogP contribution is -2.34. The first kappa shape index (κ1) is 17.9. The van der Waals surface area contributed by atoms with E-state index in [4.69, 9.17) is 4.74 Å². The number of ether oxygens (including phenoxy) is 1. The SMILES string of the molecule is COc1cc(CN2CCC(n3cc(CC(C)C)nn3)CC2)ccc1F. The summed E-state index contributed by atoms with van der Waals surface area (Å²) in [7, 11) is 1.50. The summed E-state index contributed by atoms with van der Waals surface area (Å²) in [5.41, 5.74) is 2.16. The molecule has 1 saturated heterocycles. The lowest BCUT2D eigenvalue weighted by Gasteiger charge is -2.31. The van der Waals surface area contributed by atoms with Crippen LogP contribution < -0.4 is 4.74 Å². The molecule has 0 aliphatic carbocycles. The number of hydrogen-bond acceptors (Lipinski definition) is 4. The molecule has 1 aliphatic rings. The van der Waals surface area contributed by atoms with Gasteiger partial charge in [0.1, 0.15) is 0 Å². The van der Waals surface area contributed by atoms with Crippen molar-refractivity contribution >= 4 is 0 Å². The quantitative estimate of drug-likeness (QED) is 0.803. The highest BCUT2D eigenvalue weighted by atomic mass is 19.1. The Bertz CT molecular complexity index is 692. The molecule has 136 valence electrons. The van der Waals surface area contributed by atoms with E-state index in [1.54, 1.807) is 6.07 Å². The van der Waals surface area contributed by atoms with Gasteiger partial charge in [-0.15, -0.1) is 5.10 Å². The van der Waals surface area contributed by atoms with Gasteiger partial charge < -0.3 is 4.74 Å². The molecule has 0 saturated carbocycles. The van der Waals surface area contributed by atoms with E-state index in [0.29, 0.717) is 17.7 Å². The second-order valence-corrected chi connectivity index (χ2v) is 7.26. The number of aromatic nitrogens is 3. The molecule has 2 heterocycles. The third-order valence-electron chi connectivity index (χ3n) is 4.73. The van der Waals surface area contributed by atoms with Crippen LogP contribution in [-0.2, 0) is 13.0 Å². The first-order chi connectivity index (χ1) is 12.0. The second kappa shape index (κ2) is 7.95. The van der Waals surface area contributed by atoms with Gasteiger partial charge >= 0.3 is 0 Å². The minimum Gasteiger partial charge on any atom is -0.494 e. The van der Waals surface area contributed by atoms with Crippen molar-refractivity contribution in [1.29, 1.82) is 0 Å². The third-order valence-corrected chi connectivity index (χ3v) is 4.73. The summed E-state index contributed by atoms with van der Waals surface area (Å²) in [6, 6.07) is 5.52. The number of rotatable bonds is 6. The van der Waals surface area contributed by atoms with Gasteiger partial charge in [-0.2, -0.15) is 0 Å². The van der Waals surface area contributed by atoms with Crippen LogP contribution in [0.2, 0.25) is 0 Å². The van der Waals surface area contributed by atoms with Gasteiger partial charge in [-0.1, -0.05) is 25.1 Å². The van der Waals surface area contributed by atoms with Crippen molar-refractivity contribution in [3.63, 3.8) is 0 Å². The summed E-state index contributed by atoms with van der Waals surface area (Å²) in [6.45, 7) is 7.22. The van der Waals surface area contributed by atoms with E-state index in [9.17, 15) is 4.39 Å². The van der Waals surface area contributed by atoms with E-state index in [1.807, 2.05) is 10.7 Å². The maximum Gasteiger partial charge on any atom is 0.165 e. The zero-order valence-corrected chi connectivity index (χ0v) is 15.3. The Morgan fingerprint density at radius 2 is 2.04 bits per heavy atom. The minimum atomic E-state index is -0.312. The molecule has 0 spiro atoms. The first-order valence-electron chi connectivity index (χ1n) is 9.00. The molecule has 3 rings (SSSR count). The summed E-state index contributed by atoms with van der Waals surface area (Å²) in [6.07, 6.45) is 5.20. The summed E-state index contributed by atoms with van der Waals surface area (Å²) < 4.78 is 20.6. The van der Waals surface area contributed by atoms with Crippen LogP contribution in [0.25, 0.3) is 0 Å². The molecule has 0 atom stereocenters. The first-order valence-corrected chi connectivity index (χ1v) is 9.00. The topological polar surface area (TPSA) is 43.2 Å². The highest BCUT2D eigenvalue weighted by Gasteiger charge is 2.22. The number of methoxy groups -OCH3 is 1. The van der Waals surface area contributed by atoms with E-state index in [0.717, 1.165) is 50.2 Å². The van der Waals surface area contributed by atoms with Gasteiger partial charge in [0.2, 0.25) is 0 Å². The van der Waals surface area contributed by atoms with Crippen LogP contribution in [0.4, 0.5) is 4.39 Å². The molecule has 1 fully saturated rings. The fourth-order valence-corrected chi connectivity index (χ4v) is 3.41. The van der Waals surface area contributed by atoms with Gasteiger partial charge in [0, 0.05) is 25.8 Å². The summed E-state index contributed by atoms with van der Waals surface area (Å²) in [4.78, 5) is 2.40. The normalized spacial score (nSPS) is 16.5. The number of piperidine rings is 1. The average molecular weight is 346 g/mol. The molecule has 0 bridgehead atoms. The van der Waals surface area contributed by atoms with E-state index in [2.05, 4.69) is 35.3 Å². The maximum absolute atomic E-state index is 13.5. The predicted molar refractivity (Wildman–Crippen MR) is 95.1 cm³/mol. The number of halogens is 1. The molecular weight excluding hydrogens is 319 g/mol. The van der Waals surface area contributed by atoms with Gasteiger partial charge in [-0.3, -0.25) is 4.90 Å². The Kier molecular flexibility index (Phi) is 5.68. The highest BCUT2D eigenvalue weighted by molar-refractivity contribution is 5.30. The third kappa shape index (κ3) is 4.57. The van der Waals surface area contributed by atoms with Crippen molar-refractivity contribution in [3.05, 3.63) is 41.5 Å². The van der Waals surface area contributed by atoms with Crippen molar-refractivity contribution in [3.8, 4) is 5.75 Å². The molecule has 0 amide bonds. The highest BCUT2D eigenvalue weighted by Crippen LogP contribution is 2.25. The van der Waals surface area contributed by atoms with Crippen LogP contribution in [0.5, 0.6) is 5.75 Å². The lowest BCUT2D eigenvalue weighted by molar-refractivity contribution is 0.172. The fraction of sp³-hybridized carbons (Fsp3) is 0.579. The number of likely N-dealkylation sites (tertiary alicyclic amines) is 1. The van der Waals surface area contributed by atoms with E-state index in [1.165, 1.54) is 13.2 Å². The number of benzene rings is 1. The molecule has 6 heteroatoms. The monoisotopic (exact) mass is 346 g/mol. The Balaban J connectivity index is 1.54. The Labute approximate surface area is 148 Å². The van der Waals surface area contributed by atoms with Crippen molar-refractivity contribution in [1.82, 2.24) is 19.9 Å². The Morgan fingerprint density at radius 3 is 2.72 bits per heavy atom. The van der Waals surface area contributed by atoms with Gasteiger partial charge in [-0.05, 0) is 42.9 Å². The zero-order chi connectivity index (χ0) is 17.8. The van der Waals surface area contributed by atoms with Crippen LogP contribution in [0, 0.1) is 11.7 Å². The van der Waals surface area contributed by atoms with Gasteiger partial charge in [0.05, 0.1) is 18.8 Å². The largest absolute Gasteiger partial charge is 0.494 e. The maximum atomic E-state index is 13.5. The molecule has 0 unspecified atom stereocenters. The summed E-state index contributed by atoms with van der Waals surface area (Å²) in [5.74, 6) is 0.598. The van der Waals surface area contributed by atoms with Crippen molar-refractivity contribution in [2.75, 3.05) is 20.2 Å². The summed E-state index contributed by atoms with van der Waals surface area (Å²) >= 11 is 0. The predicted octanol–water partition coefficient (Wildman–Crippen LogP) is 3.46. The van der Waals surface area contributed by atoms with E-state index in [-0.39, 0.29) is 5.82 Å². The number of nitrogens with zero attached hydrogens (tertiary/aromatic N) is 4. The molecule has 1 aliphatic heterocycles. The Hall–Kier alpha value is -1.95. The van der Waals surface area contributed by atoms with Crippen LogP contribution in [0.15, 0.2) is 24.4 Å². The van der Waals surface area contributed by atoms with E-state index >= 15 is 0 Å². The standard InChI is InChI=1S/C19H27FN4O/c1-14(2)10-16-13-24(22-21-16)17-6-8-23(9-7-17)12-15-4-5-18(20)19(11-15)25-3/h4-5,11,13-14,17H,6-10,12H2,1-3H3. The van der Waals surface area contributed by atoms with Crippen molar-refractivity contribution < 1.29 is 9.13 Å². The molecule has 0 radical (unpaired) electrons. The molecule has 1 aromatic heterocycles. The van der Waals surface area contributed by atoms with Crippen molar-refractivity contribution in [2.24, 2.45) is 5.92 Å². The van der Waals surface area contributed by atoms with Crippen molar-refractivity contribution in [2.45, 2.75) is 45.7 Å². The van der Waals surface area contributed by atoms with Crippen LogP contribution in [-0.4, -0.2) is 40.1 Å². The summed E-state index contributed by atoms with van der Waals surface area (Å²) in [5, 5.41) is 8.62. The van der Waals surface area contributed by atoms with Gasteiger partial charge in [0.25, 0.3) is 0 Å². The second-order valence-electron chi connectivity index (χ2n) is 7.26. The lowest BCUT2D eigenvalue weighted by atomic mass is 10.0. The molecule has 1 aromatic carbocycles. The van der Waals surface area contributed by atoms with Crippen LogP contribution in [0.3, 0.4) is 0 Å².